The highest BCUT2D eigenvalue weighted by Gasteiger charge is 2.20. The molecule has 0 amide bonds. The van der Waals surface area contributed by atoms with E-state index < -0.39 is 0 Å². The average Bonchev–Trinajstić information content (AvgIpc) is 3.18. The molecule has 28 heavy (non-hydrogen) atoms. The molecule has 2 atom stereocenters. The second-order valence-electron chi connectivity index (χ2n) is 7.44. The zero-order valence-corrected chi connectivity index (χ0v) is 16.3. The maximum atomic E-state index is 5.78. The minimum atomic E-state index is 0.250. The van der Waals surface area contributed by atoms with E-state index in [0.717, 1.165) is 6.61 Å². The van der Waals surface area contributed by atoms with E-state index in [2.05, 4.69) is 110 Å². The minimum absolute atomic E-state index is 0.250. The Balaban J connectivity index is 1.61. The normalized spacial score (nSPS) is 19.3. The molecule has 1 aliphatic heterocycles. The van der Waals surface area contributed by atoms with Crippen molar-refractivity contribution >= 4 is 6.08 Å². The summed E-state index contributed by atoms with van der Waals surface area (Å²) in [5.41, 5.74) is 6.50. The summed E-state index contributed by atoms with van der Waals surface area (Å²) in [6, 6.07) is 30.1. The van der Waals surface area contributed by atoms with Crippen LogP contribution in [0.2, 0.25) is 0 Å². The molecule has 4 rings (SSSR count). The van der Waals surface area contributed by atoms with Gasteiger partial charge in [0.15, 0.2) is 0 Å². The van der Waals surface area contributed by atoms with Crippen LogP contribution in [-0.4, -0.2) is 13.2 Å². The van der Waals surface area contributed by atoms with Gasteiger partial charge in [-0.15, -0.1) is 0 Å². The first-order valence-electron chi connectivity index (χ1n) is 9.93. The Kier molecular flexibility index (Phi) is 5.84. The highest BCUT2D eigenvalue weighted by Crippen LogP contribution is 2.30. The largest absolute Gasteiger partial charge is 0.376 e. The van der Waals surface area contributed by atoms with Crippen molar-refractivity contribution in [2.45, 2.75) is 12.8 Å². The zero-order chi connectivity index (χ0) is 19.2. The first-order valence-corrected chi connectivity index (χ1v) is 9.93. The van der Waals surface area contributed by atoms with Gasteiger partial charge in [-0.05, 0) is 29.2 Å². The zero-order valence-electron chi connectivity index (χ0n) is 16.3. The molecule has 0 spiro atoms. The van der Waals surface area contributed by atoms with Crippen LogP contribution in [0, 0.1) is 12.8 Å². The number of hydrogen-bond donors (Lipinski definition) is 0. The lowest BCUT2D eigenvalue weighted by molar-refractivity contribution is 0.195. The van der Waals surface area contributed by atoms with Gasteiger partial charge in [-0.1, -0.05) is 109 Å². The second kappa shape index (κ2) is 8.86. The molecule has 1 saturated heterocycles. The highest BCUT2D eigenvalue weighted by atomic mass is 16.5. The van der Waals surface area contributed by atoms with Gasteiger partial charge in [0.1, 0.15) is 0 Å². The molecule has 1 heteroatoms. The average molecular weight is 367 g/mol. The van der Waals surface area contributed by atoms with Crippen LogP contribution in [0.15, 0.2) is 103 Å². The summed E-state index contributed by atoms with van der Waals surface area (Å²) in [4.78, 5) is 0. The molecule has 1 nitrogen and oxygen atoms in total. The Labute approximate surface area is 168 Å². The van der Waals surface area contributed by atoms with Gasteiger partial charge in [-0.3, -0.25) is 0 Å². The van der Waals surface area contributed by atoms with Gasteiger partial charge in [-0.2, -0.15) is 0 Å². The van der Waals surface area contributed by atoms with Crippen molar-refractivity contribution in [1.82, 2.24) is 0 Å². The lowest BCUT2D eigenvalue weighted by Crippen LogP contribution is -2.02. The molecule has 0 aromatic heterocycles. The Morgan fingerprint density at radius 1 is 0.821 bits per heavy atom. The van der Waals surface area contributed by atoms with Gasteiger partial charge in [0, 0.05) is 11.8 Å². The molecule has 1 aliphatic rings. The molecule has 3 aromatic carbocycles. The summed E-state index contributed by atoms with van der Waals surface area (Å²) in [5, 5.41) is 0. The fourth-order valence-electron chi connectivity index (χ4n) is 3.70. The van der Waals surface area contributed by atoms with Gasteiger partial charge >= 0.3 is 0 Å². The fraction of sp³-hybridized carbons (Fsp3) is 0.185. The van der Waals surface area contributed by atoms with E-state index in [9.17, 15) is 0 Å². The maximum absolute atomic E-state index is 5.78. The fourth-order valence-corrected chi connectivity index (χ4v) is 3.70. The first-order chi connectivity index (χ1) is 13.8. The van der Waals surface area contributed by atoms with E-state index >= 15 is 0 Å². The van der Waals surface area contributed by atoms with Crippen LogP contribution in [0.3, 0.4) is 0 Å². The monoisotopic (exact) mass is 366 g/mol. The molecule has 140 valence electrons. The summed E-state index contributed by atoms with van der Waals surface area (Å²) in [7, 11) is 0. The van der Waals surface area contributed by atoms with Crippen molar-refractivity contribution in [2.24, 2.45) is 5.92 Å². The molecule has 0 radical (unpaired) electrons. The van der Waals surface area contributed by atoms with Crippen LogP contribution in [0.25, 0.3) is 6.08 Å². The molecule has 0 N–H and O–H groups in total. The van der Waals surface area contributed by atoms with E-state index in [4.69, 9.17) is 4.74 Å². The molecule has 0 aliphatic carbocycles. The quantitative estimate of drug-likeness (QED) is 0.474. The van der Waals surface area contributed by atoms with Crippen LogP contribution in [0.1, 0.15) is 28.2 Å². The predicted molar refractivity (Wildman–Crippen MR) is 117 cm³/mol. The highest BCUT2D eigenvalue weighted by molar-refractivity contribution is 5.54. The summed E-state index contributed by atoms with van der Waals surface area (Å²) >= 11 is 0. The number of allylic oxidation sites excluding steroid dienone is 1. The lowest BCUT2D eigenvalue weighted by atomic mass is 9.88. The van der Waals surface area contributed by atoms with Crippen LogP contribution >= 0.6 is 0 Å². The third-order valence-electron chi connectivity index (χ3n) is 5.33. The number of ether oxygens (including phenoxy) is 1. The van der Waals surface area contributed by atoms with Gasteiger partial charge in [0.2, 0.25) is 0 Å². The van der Waals surface area contributed by atoms with Crippen molar-refractivity contribution < 1.29 is 4.74 Å². The Morgan fingerprint density at radius 2 is 1.46 bits per heavy atom. The van der Waals surface area contributed by atoms with E-state index in [1.807, 2.05) is 0 Å². The predicted octanol–water partition coefficient (Wildman–Crippen LogP) is 6.41. The standard InChI is InChI=1S/C27H26O/c1-21-12-14-24(15-13-21)27(23-10-6-3-7-11-23)17-16-25-19-28-20-26(25)18-22-8-4-2-5-9-22/h2-18,25,27H,19-20H2,1H3/b17-16+,26-18-. The molecule has 0 bridgehead atoms. The van der Waals surface area contributed by atoms with E-state index in [1.54, 1.807) is 0 Å². The van der Waals surface area contributed by atoms with Gasteiger partial charge in [0.25, 0.3) is 0 Å². The Hall–Kier alpha value is -2.90. The van der Waals surface area contributed by atoms with Crippen LogP contribution in [0.4, 0.5) is 0 Å². The summed E-state index contributed by atoms with van der Waals surface area (Å²) < 4.78 is 5.78. The van der Waals surface area contributed by atoms with Crippen molar-refractivity contribution in [3.05, 3.63) is 125 Å². The molecular weight excluding hydrogens is 340 g/mol. The Morgan fingerprint density at radius 3 is 2.18 bits per heavy atom. The van der Waals surface area contributed by atoms with Gasteiger partial charge < -0.3 is 4.74 Å². The van der Waals surface area contributed by atoms with Crippen molar-refractivity contribution in [3.63, 3.8) is 0 Å². The maximum Gasteiger partial charge on any atom is 0.0687 e. The molecule has 3 aromatic rings. The van der Waals surface area contributed by atoms with Crippen molar-refractivity contribution in [3.8, 4) is 0 Å². The molecule has 0 saturated carbocycles. The minimum Gasteiger partial charge on any atom is -0.376 e. The summed E-state index contributed by atoms with van der Waals surface area (Å²) in [6.07, 6.45) is 6.95. The smallest absolute Gasteiger partial charge is 0.0687 e. The lowest BCUT2D eigenvalue weighted by Gasteiger charge is -2.15. The third kappa shape index (κ3) is 4.49. The number of hydrogen-bond acceptors (Lipinski definition) is 1. The molecule has 2 unspecified atom stereocenters. The van der Waals surface area contributed by atoms with Crippen LogP contribution in [-0.2, 0) is 4.74 Å². The number of rotatable bonds is 5. The van der Waals surface area contributed by atoms with Gasteiger partial charge in [-0.25, -0.2) is 0 Å². The summed E-state index contributed by atoms with van der Waals surface area (Å²) in [6.45, 7) is 3.60. The number of aryl methyl sites for hydroxylation is 1. The Bertz CT molecular complexity index is 937. The molecule has 1 heterocycles. The van der Waals surface area contributed by atoms with Gasteiger partial charge in [0.05, 0.1) is 13.2 Å². The van der Waals surface area contributed by atoms with E-state index in [1.165, 1.54) is 27.8 Å². The van der Waals surface area contributed by atoms with Crippen LogP contribution < -0.4 is 0 Å². The topological polar surface area (TPSA) is 9.23 Å². The van der Waals surface area contributed by atoms with Crippen LogP contribution in [0.5, 0.6) is 0 Å². The van der Waals surface area contributed by atoms with Crippen molar-refractivity contribution in [2.75, 3.05) is 13.2 Å². The second-order valence-corrected chi connectivity index (χ2v) is 7.44. The molecule has 1 fully saturated rings. The molecular formula is C27H26O. The first kappa shape index (κ1) is 18.5. The third-order valence-corrected chi connectivity index (χ3v) is 5.33. The van der Waals surface area contributed by atoms with E-state index in [0.29, 0.717) is 12.5 Å². The van der Waals surface area contributed by atoms with E-state index in [-0.39, 0.29) is 5.92 Å². The summed E-state index contributed by atoms with van der Waals surface area (Å²) in [5.74, 6) is 0.581. The van der Waals surface area contributed by atoms with Crippen molar-refractivity contribution in [1.29, 1.82) is 0 Å². The number of benzene rings is 3. The SMILES string of the molecule is Cc1ccc(C(/C=C/C2COC/C2=C/c2ccccc2)c2ccccc2)cc1.